The normalized spacial score (nSPS) is 19.6. The van der Waals surface area contributed by atoms with Crippen LogP contribution in [0.5, 0.6) is 5.88 Å². The Labute approximate surface area is 191 Å². The van der Waals surface area contributed by atoms with Crippen molar-refractivity contribution in [1.82, 2.24) is 19.9 Å². The minimum Gasteiger partial charge on any atom is -0.470 e. The van der Waals surface area contributed by atoms with Gasteiger partial charge in [-0.1, -0.05) is 20.8 Å². The molecule has 2 aromatic heterocycles. The number of halogens is 2. The molecule has 0 unspecified atom stereocenters. The standard InChI is InChI=1S/C23H30F2N4O2S/c1-14-13-32-20(26-14)19-27-16(9-15-5-7-23(24,25)8-6-15)10-18(28-19)31-17-11-29(12-17)21(30)22(2,3)4/h10,13,15,17H,5-9,11-12H2,1-4H3. The maximum absolute atomic E-state index is 13.5. The van der Waals surface area contributed by atoms with Gasteiger partial charge in [-0.2, -0.15) is 4.98 Å². The average molecular weight is 465 g/mol. The highest BCUT2D eigenvalue weighted by atomic mass is 32.1. The first-order valence-corrected chi connectivity index (χ1v) is 12.0. The van der Waals surface area contributed by atoms with E-state index in [2.05, 4.69) is 15.0 Å². The van der Waals surface area contributed by atoms with Gasteiger partial charge in [0.25, 0.3) is 0 Å². The van der Waals surface area contributed by atoms with Gasteiger partial charge in [-0.3, -0.25) is 4.79 Å². The second kappa shape index (κ2) is 8.65. The molecule has 6 nitrogen and oxygen atoms in total. The molecule has 0 N–H and O–H groups in total. The monoisotopic (exact) mass is 464 g/mol. The van der Waals surface area contributed by atoms with E-state index in [0.29, 0.717) is 49.1 Å². The van der Waals surface area contributed by atoms with Crippen molar-refractivity contribution < 1.29 is 18.3 Å². The molecule has 9 heteroatoms. The van der Waals surface area contributed by atoms with Crippen LogP contribution in [0, 0.1) is 18.3 Å². The fourth-order valence-corrected chi connectivity index (χ4v) is 4.84. The molecule has 0 atom stereocenters. The summed E-state index contributed by atoms with van der Waals surface area (Å²) in [5, 5.41) is 2.65. The highest BCUT2D eigenvalue weighted by molar-refractivity contribution is 7.13. The van der Waals surface area contributed by atoms with Gasteiger partial charge in [0.15, 0.2) is 10.8 Å². The summed E-state index contributed by atoms with van der Waals surface area (Å²) in [7, 11) is 0. The molecule has 1 saturated carbocycles. The number of aryl methyl sites for hydroxylation is 1. The first-order chi connectivity index (χ1) is 15.0. The zero-order valence-electron chi connectivity index (χ0n) is 19.0. The molecule has 0 spiro atoms. The van der Waals surface area contributed by atoms with E-state index in [9.17, 15) is 13.6 Å². The molecule has 32 heavy (non-hydrogen) atoms. The Morgan fingerprint density at radius 1 is 1.22 bits per heavy atom. The molecule has 0 aromatic carbocycles. The van der Waals surface area contributed by atoms with Gasteiger partial charge in [0.2, 0.25) is 17.7 Å². The Kier molecular flexibility index (Phi) is 6.22. The van der Waals surface area contributed by atoms with Crippen LogP contribution in [-0.4, -0.2) is 50.9 Å². The van der Waals surface area contributed by atoms with Gasteiger partial charge in [-0.15, -0.1) is 11.3 Å². The van der Waals surface area contributed by atoms with Crippen LogP contribution in [-0.2, 0) is 11.2 Å². The van der Waals surface area contributed by atoms with Crippen LogP contribution in [0.3, 0.4) is 0 Å². The number of carbonyl (C=O) groups excluding carboxylic acids is 1. The largest absolute Gasteiger partial charge is 0.470 e. The van der Waals surface area contributed by atoms with Crippen LogP contribution >= 0.6 is 11.3 Å². The van der Waals surface area contributed by atoms with Crippen LogP contribution in [0.4, 0.5) is 8.78 Å². The Morgan fingerprint density at radius 2 is 1.91 bits per heavy atom. The van der Waals surface area contributed by atoms with E-state index >= 15 is 0 Å². The summed E-state index contributed by atoms with van der Waals surface area (Å²) in [5.41, 5.74) is 1.26. The lowest BCUT2D eigenvalue weighted by molar-refractivity contribution is -0.148. The van der Waals surface area contributed by atoms with Crippen LogP contribution in [0.15, 0.2) is 11.4 Å². The third-order valence-corrected chi connectivity index (χ3v) is 6.92. The molecule has 1 aliphatic carbocycles. The number of likely N-dealkylation sites (tertiary alicyclic amines) is 1. The van der Waals surface area contributed by atoms with Crippen molar-refractivity contribution in [3.8, 4) is 16.7 Å². The van der Waals surface area contributed by atoms with Gasteiger partial charge in [-0.05, 0) is 32.1 Å². The Bertz CT molecular complexity index is 973. The third kappa shape index (κ3) is 5.42. The molecule has 2 aliphatic rings. The number of hydrogen-bond donors (Lipinski definition) is 0. The van der Waals surface area contributed by atoms with E-state index in [0.717, 1.165) is 11.4 Å². The highest BCUT2D eigenvalue weighted by Gasteiger charge is 2.38. The number of ether oxygens (including phenoxy) is 1. The maximum Gasteiger partial charge on any atom is 0.248 e. The van der Waals surface area contributed by atoms with E-state index in [1.165, 1.54) is 11.3 Å². The quantitative estimate of drug-likeness (QED) is 0.629. The molecule has 174 valence electrons. The molecular formula is C23H30F2N4O2S. The lowest BCUT2D eigenvalue weighted by atomic mass is 9.84. The third-order valence-electron chi connectivity index (χ3n) is 5.96. The molecular weight excluding hydrogens is 434 g/mol. The van der Waals surface area contributed by atoms with Gasteiger partial charge >= 0.3 is 0 Å². The lowest BCUT2D eigenvalue weighted by Gasteiger charge is -2.41. The summed E-state index contributed by atoms with van der Waals surface area (Å²) in [5.74, 6) is -1.31. The van der Waals surface area contributed by atoms with Crippen molar-refractivity contribution in [2.45, 2.75) is 71.8 Å². The number of nitrogens with zero attached hydrogens (tertiary/aromatic N) is 4. The SMILES string of the molecule is Cc1csc(-c2nc(CC3CCC(F)(F)CC3)cc(OC3CN(C(=O)C(C)(C)C)C3)n2)n1. The molecule has 4 rings (SSSR count). The summed E-state index contributed by atoms with van der Waals surface area (Å²) < 4.78 is 33.2. The van der Waals surface area contributed by atoms with Gasteiger partial charge < -0.3 is 9.64 Å². The van der Waals surface area contributed by atoms with Gasteiger partial charge in [0.1, 0.15) is 6.10 Å². The van der Waals surface area contributed by atoms with Crippen LogP contribution in [0.25, 0.3) is 10.8 Å². The summed E-state index contributed by atoms with van der Waals surface area (Å²) >= 11 is 1.47. The molecule has 0 radical (unpaired) electrons. The van der Waals surface area contributed by atoms with Crippen molar-refractivity contribution in [2.75, 3.05) is 13.1 Å². The minimum absolute atomic E-state index is 0.0651. The van der Waals surface area contributed by atoms with Gasteiger partial charge in [-0.25, -0.2) is 18.7 Å². The molecule has 1 aliphatic heterocycles. The number of amides is 1. The predicted molar refractivity (Wildman–Crippen MR) is 119 cm³/mol. The average Bonchev–Trinajstić information content (AvgIpc) is 3.11. The van der Waals surface area contributed by atoms with Gasteiger partial charge in [0.05, 0.1) is 13.1 Å². The van der Waals surface area contributed by atoms with Crippen LogP contribution in [0.2, 0.25) is 0 Å². The summed E-state index contributed by atoms with van der Waals surface area (Å²) in [6.45, 7) is 8.69. The molecule has 3 heterocycles. The molecule has 1 amide bonds. The summed E-state index contributed by atoms with van der Waals surface area (Å²) in [6, 6.07) is 1.81. The smallest absolute Gasteiger partial charge is 0.248 e. The van der Waals surface area contributed by atoms with E-state index < -0.39 is 11.3 Å². The van der Waals surface area contributed by atoms with Crippen molar-refractivity contribution in [2.24, 2.45) is 11.3 Å². The Morgan fingerprint density at radius 3 is 2.50 bits per heavy atom. The number of rotatable bonds is 5. The van der Waals surface area contributed by atoms with E-state index in [1.54, 1.807) is 4.90 Å². The summed E-state index contributed by atoms with van der Waals surface area (Å²) in [4.78, 5) is 27.9. The first-order valence-electron chi connectivity index (χ1n) is 11.1. The topological polar surface area (TPSA) is 68.2 Å². The fraction of sp³-hybridized carbons (Fsp3) is 0.652. The predicted octanol–water partition coefficient (Wildman–Crippen LogP) is 4.91. The molecule has 2 aromatic rings. The summed E-state index contributed by atoms with van der Waals surface area (Å²) in [6.07, 6.45) is 1.35. The van der Waals surface area contributed by atoms with Crippen molar-refractivity contribution in [3.05, 3.63) is 22.8 Å². The second-order valence-electron chi connectivity index (χ2n) is 10.0. The van der Waals surface area contributed by atoms with Gasteiger partial charge in [0, 0.05) is 41.1 Å². The highest BCUT2D eigenvalue weighted by Crippen LogP contribution is 2.37. The first kappa shape index (κ1) is 23.0. The Balaban J connectivity index is 1.48. The van der Waals surface area contributed by atoms with Crippen LogP contribution < -0.4 is 4.74 Å². The van der Waals surface area contributed by atoms with Crippen LogP contribution in [0.1, 0.15) is 57.8 Å². The zero-order valence-corrected chi connectivity index (χ0v) is 19.8. The zero-order chi connectivity index (χ0) is 23.1. The molecule has 2 fully saturated rings. The minimum atomic E-state index is -2.54. The maximum atomic E-state index is 13.5. The number of aromatic nitrogens is 3. The van der Waals surface area contributed by atoms with Crippen molar-refractivity contribution >= 4 is 17.2 Å². The van der Waals surface area contributed by atoms with E-state index in [1.807, 2.05) is 39.1 Å². The molecule has 1 saturated heterocycles. The van der Waals surface area contributed by atoms with Crippen molar-refractivity contribution in [3.63, 3.8) is 0 Å². The van der Waals surface area contributed by atoms with Crippen molar-refractivity contribution in [1.29, 1.82) is 0 Å². The number of thiazole rings is 1. The van der Waals surface area contributed by atoms with E-state index in [4.69, 9.17) is 4.74 Å². The Hall–Kier alpha value is -2.16. The molecule has 0 bridgehead atoms. The van der Waals surface area contributed by atoms with E-state index in [-0.39, 0.29) is 30.8 Å². The number of alkyl halides is 2. The second-order valence-corrected chi connectivity index (χ2v) is 10.9. The number of hydrogen-bond acceptors (Lipinski definition) is 6. The fourth-order valence-electron chi connectivity index (χ4n) is 4.11. The number of carbonyl (C=O) groups is 1. The lowest BCUT2D eigenvalue weighted by Crippen LogP contribution is -2.58.